The third-order valence-corrected chi connectivity index (χ3v) is 3.47. The Labute approximate surface area is 130 Å². The Morgan fingerprint density at radius 3 is 2.27 bits per heavy atom. The van der Waals surface area contributed by atoms with Crippen LogP contribution in [0.1, 0.15) is 31.0 Å². The lowest BCUT2D eigenvalue weighted by atomic mass is 10.1. The molecule has 0 saturated carbocycles. The molecule has 0 unspecified atom stereocenters. The maximum absolute atomic E-state index is 12.2. The molecule has 2 atom stereocenters. The summed E-state index contributed by atoms with van der Waals surface area (Å²) in [5.74, 6) is -0.104. The molecule has 0 aliphatic carbocycles. The summed E-state index contributed by atoms with van der Waals surface area (Å²) in [7, 11) is 0. The van der Waals surface area contributed by atoms with Crippen LogP contribution in [0.3, 0.4) is 0 Å². The zero-order chi connectivity index (χ0) is 15.9. The summed E-state index contributed by atoms with van der Waals surface area (Å²) in [5.41, 5.74) is 2.40. The summed E-state index contributed by atoms with van der Waals surface area (Å²) in [6, 6.07) is 18.6. The molecule has 0 aliphatic heterocycles. The molecule has 112 valence electrons. The first-order valence-corrected chi connectivity index (χ1v) is 7.22. The van der Waals surface area contributed by atoms with Crippen LogP contribution < -0.4 is 10.6 Å². The maximum Gasteiger partial charge on any atom is 0.241 e. The van der Waals surface area contributed by atoms with Crippen LogP contribution in [0.2, 0.25) is 0 Å². The number of nitrogens with zero attached hydrogens (tertiary/aromatic N) is 1. The van der Waals surface area contributed by atoms with Crippen molar-refractivity contribution < 1.29 is 4.79 Å². The fourth-order valence-electron chi connectivity index (χ4n) is 2.17. The fraction of sp³-hybridized carbons (Fsp3) is 0.222. The average Bonchev–Trinajstić information content (AvgIpc) is 2.56. The van der Waals surface area contributed by atoms with E-state index in [1.165, 1.54) is 0 Å². The van der Waals surface area contributed by atoms with Crippen molar-refractivity contribution in [2.24, 2.45) is 0 Å². The number of benzene rings is 2. The molecule has 2 aromatic carbocycles. The Kier molecular flexibility index (Phi) is 5.29. The van der Waals surface area contributed by atoms with Gasteiger partial charge in [0.2, 0.25) is 5.91 Å². The second-order valence-corrected chi connectivity index (χ2v) is 5.20. The van der Waals surface area contributed by atoms with E-state index < -0.39 is 0 Å². The molecule has 4 nitrogen and oxygen atoms in total. The van der Waals surface area contributed by atoms with Gasteiger partial charge in [-0.2, -0.15) is 5.26 Å². The molecule has 0 fully saturated rings. The van der Waals surface area contributed by atoms with Gasteiger partial charge in [-0.25, -0.2) is 0 Å². The van der Waals surface area contributed by atoms with E-state index in [0.717, 1.165) is 5.56 Å². The molecule has 0 aromatic heterocycles. The van der Waals surface area contributed by atoms with Gasteiger partial charge in [-0.1, -0.05) is 30.3 Å². The molecule has 2 aromatic rings. The molecule has 0 bridgehead atoms. The summed E-state index contributed by atoms with van der Waals surface area (Å²) >= 11 is 0. The third-order valence-electron chi connectivity index (χ3n) is 3.47. The van der Waals surface area contributed by atoms with Gasteiger partial charge in [-0.15, -0.1) is 0 Å². The minimum Gasteiger partial charge on any atom is -0.325 e. The van der Waals surface area contributed by atoms with Gasteiger partial charge < -0.3 is 5.32 Å². The molecule has 4 heteroatoms. The number of hydrogen-bond donors (Lipinski definition) is 2. The van der Waals surface area contributed by atoms with Crippen LogP contribution in [0.25, 0.3) is 0 Å². The highest BCUT2D eigenvalue weighted by atomic mass is 16.2. The summed E-state index contributed by atoms with van der Waals surface area (Å²) < 4.78 is 0. The van der Waals surface area contributed by atoms with Crippen molar-refractivity contribution in [2.45, 2.75) is 25.9 Å². The van der Waals surface area contributed by atoms with Crippen molar-refractivity contribution in [3.8, 4) is 6.07 Å². The van der Waals surface area contributed by atoms with Crippen LogP contribution in [-0.2, 0) is 4.79 Å². The van der Waals surface area contributed by atoms with E-state index in [1.807, 2.05) is 50.2 Å². The average molecular weight is 293 g/mol. The van der Waals surface area contributed by atoms with Gasteiger partial charge in [0.15, 0.2) is 0 Å². The number of rotatable bonds is 5. The Bertz CT molecular complexity index is 659. The minimum atomic E-state index is -0.328. The fourth-order valence-corrected chi connectivity index (χ4v) is 2.17. The van der Waals surface area contributed by atoms with Crippen molar-refractivity contribution in [3.63, 3.8) is 0 Å². The Hall–Kier alpha value is -2.64. The second-order valence-electron chi connectivity index (χ2n) is 5.20. The predicted octanol–water partition coefficient (Wildman–Crippen LogP) is 3.24. The largest absolute Gasteiger partial charge is 0.325 e. The zero-order valence-corrected chi connectivity index (χ0v) is 12.7. The number of carbonyl (C=O) groups is 1. The van der Waals surface area contributed by atoms with E-state index >= 15 is 0 Å². The molecular weight excluding hydrogens is 274 g/mol. The van der Waals surface area contributed by atoms with Crippen LogP contribution in [0, 0.1) is 11.3 Å². The number of amides is 1. The lowest BCUT2D eigenvalue weighted by molar-refractivity contribution is -0.117. The van der Waals surface area contributed by atoms with Crippen LogP contribution in [-0.4, -0.2) is 11.9 Å². The van der Waals surface area contributed by atoms with Crippen molar-refractivity contribution in [3.05, 3.63) is 65.7 Å². The molecule has 2 rings (SSSR count). The van der Waals surface area contributed by atoms with Crippen molar-refractivity contribution >= 4 is 11.6 Å². The highest BCUT2D eigenvalue weighted by molar-refractivity contribution is 5.94. The number of hydrogen-bond acceptors (Lipinski definition) is 3. The molecule has 1 amide bonds. The lowest BCUT2D eigenvalue weighted by Gasteiger charge is -2.20. The topological polar surface area (TPSA) is 64.9 Å². The molecule has 22 heavy (non-hydrogen) atoms. The molecule has 0 radical (unpaired) electrons. The maximum atomic E-state index is 12.2. The Morgan fingerprint density at radius 2 is 1.68 bits per heavy atom. The number of anilines is 1. The number of nitriles is 1. The minimum absolute atomic E-state index is 0.0860. The van der Waals surface area contributed by atoms with Gasteiger partial charge in [0.25, 0.3) is 0 Å². The van der Waals surface area contributed by atoms with Gasteiger partial charge in [0, 0.05) is 11.7 Å². The first-order chi connectivity index (χ1) is 10.6. The Balaban J connectivity index is 1.93. The van der Waals surface area contributed by atoms with E-state index in [2.05, 4.69) is 10.6 Å². The van der Waals surface area contributed by atoms with Crippen molar-refractivity contribution in [1.82, 2.24) is 5.32 Å². The quantitative estimate of drug-likeness (QED) is 0.889. The highest BCUT2D eigenvalue weighted by Gasteiger charge is 2.16. The van der Waals surface area contributed by atoms with Crippen LogP contribution in [0.15, 0.2) is 54.6 Å². The smallest absolute Gasteiger partial charge is 0.241 e. The van der Waals surface area contributed by atoms with Gasteiger partial charge >= 0.3 is 0 Å². The van der Waals surface area contributed by atoms with Gasteiger partial charge in [0.05, 0.1) is 17.7 Å². The first kappa shape index (κ1) is 15.7. The second kappa shape index (κ2) is 7.39. The van der Waals surface area contributed by atoms with E-state index in [-0.39, 0.29) is 18.0 Å². The molecule has 0 saturated heterocycles. The highest BCUT2D eigenvalue weighted by Crippen LogP contribution is 2.13. The van der Waals surface area contributed by atoms with Crippen LogP contribution in [0.5, 0.6) is 0 Å². The monoisotopic (exact) mass is 293 g/mol. The van der Waals surface area contributed by atoms with Crippen LogP contribution in [0.4, 0.5) is 5.69 Å². The van der Waals surface area contributed by atoms with E-state index in [1.54, 1.807) is 24.3 Å². The molecular formula is C18H19N3O. The number of nitrogens with one attached hydrogen (secondary N) is 2. The first-order valence-electron chi connectivity index (χ1n) is 7.22. The summed E-state index contributed by atoms with van der Waals surface area (Å²) in [5, 5.41) is 14.9. The van der Waals surface area contributed by atoms with E-state index in [0.29, 0.717) is 11.3 Å². The summed E-state index contributed by atoms with van der Waals surface area (Å²) in [4.78, 5) is 12.2. The molecule has 2 N–H and O–H groups in total. The standard InChI is InChI=1S/C18H19N3O/c1-13(16-6-4-3-5-7-16)20-14(2)18(22)21-17-10-8-15(12-19)9-11-17/h3-11,13-14,20H,1-2H3,(H,21,22)/t13-,14-/m1/s1. The molecule has 0 heterocycles. The molecule has 0 aliphatic rings. The van der Waals surface area contributed by atoms with E-state index in [9.17, 15) is 4.79 Å². The lowest BCUT2D eigenvalue weighted by Crippen LogP contribution is -2.39. The normalized spacial score (nSPS) is 13.0. The summed E-state index contributed by atoms with van der Waals surface area (Å²) in [6.45, 7) is 3.86. The Morgan fingerprint density at radius 1 is 1.05 bits per heavy atom. The SMILES string of the molecule is C[C@@H](N[C@H](C)c1ccccc1)C(=O)Nc1ccc(C#N)cc1. The van der Waals surface area contributed by atoms with Crippen LogP contribution >= 0.6 is 0 Å². The van der Waals surface area contributed by atoms with Crippen molar-refractivity contribution in [1.29, 1.82) is 5.26 Å². The molecule has 0 spiro atoms. The zero-order valence-electron chi connectivity index (χ0n) is 12.7. The van der Waals surface area contributed by atoms with Gasteiger partial charge in [-0.3, -0.25) is 10.1 Å². The summed E-state index contributed by atoms with van der Waals surface area (Å²) in [6.07, 6.45) is 0. The predicted molar refractivity (Wildman–Crippen MR) is 87.2 cm³/mol. The van der Waals surface area contributed by atoms with Gasteiger partial charge in [-0.05, 0) is 43.7 Å². The van der Waals surface area contributed by atoms with Crippen molar-refractivity contribution in [2.75, 3.05) is 5.32 Å². The van der Waals surface area contributed by atoms with Gasteiger partial charge in [0.1, 0.15) is 0 Å². The van der Waals surface area contributed by atoms with E-state index in [4.69, 9.17) is 5.26 Å². The number of carbonyl (C=O) groups excluding carboxylic acids is 1. The third kappa shape index (κ3) is 4.18.